The van der Waals surface area contributed by atoms with E-state index in [1.165, 1.54) is 11.1 Å². The fourth-order valence-electron chi connectivity index (χ4n) is 8.10. The zero-order valence-electron chi connectivity index (χ0n) is 23.9. The quantitative estimate of drug-likeness (QED) is 0.452. The van der Waals surface area contributed by atoms with Crippen LogP contribution in [0.3, 0.4) is 0 Å². The summed E-state index contributed by atoms with van der Waals surface area (Å²) in [5, 5.41) is 11.1. The first-order valence-electron chi connectivity index (χ1n) is 15.5. The van der Waals surface area contributed by atoms with E-state index in [1.807, 2.05) is 23.1 Å². The summed E-state index contributed by atoms with van der Waals surface area (Å²) in [6.07, 6.45) is 7.33. The molecule has 2 aromatic carbocycles. The first-order chi connectivity index (χ1) is 20.2. The minimum absolute atomic E-state index is 0.218. The Labute approximate surface area is 253 Å². The molecule has 3 heterocycles. The molecule has 2 N–H and O–H groups in total. The molecule has 1 spiro atoms. The van der Waals surface area contributed by atoms with Crippen LogP contribution in [0.15, 0.2) is 36.4 Å². The van der Waals surface area contributed by atoms with Gasteiger partial charge in [0, 0.05) is 42.2 Å². The summed E-state index contributed by atoms with van der Waals surface area (Å²) in [5.41, 5.74) is 3.50. The third-order valence-electron chi connectivity index (χ3n) is 10.6. The number of aliphatic hydroxyl groups is 1. The molecule has 2 aliphatic carbocycles. The van der Waals surface area contributed by atoms with Gasteiger partial charge in [-0.15, -0.1) is 0 Å². The van der Waals surface area contributed by atoms with Crippen LogP contribution in [0.2, 0.25) is 5.02 Å². The van der Waals surface area contributed by atoms with Crippen LogP contribution in [0, 0.1) is 11.8 Å². The zero-order valence-corrected chi connectivity index (χ0v) is 25.5. The molecular formula is C32H40ClN3O5S. The molecule has 5 aliphatic rings. The third kappa shape index (κ3) is 5.20. The van der Waals surface area contributed by atoms with E-state index >= 15 is 0 Å². The minimum Gasteiger partial charge on any atom is -0.490 e. The number of piperidine rings is 1. The van der Waals surface area contributed by atoms with Crippen LogP contribution in [-0.4, -0.2) is 68.6 Å². The van der Waals surface area contributed by atoms with Gasteiger partial charge in [-0.05, 0) is 111 Å². The van der Waals surface area contributed by atoms with E-state index in [0.717, 1.165) is 68.1 Å². The number of sulfonamides is 1. The maximum absolute atomic E-state index is 13.4. The van der Waals surface area contributed by atoms with Gasteiger partial charge in [0.1, 0.15) is 12.0 Å². The van der Waals surface area contributed by atoms with Crippen LogP contribution in [0.5, 0.6) is 5.75 Å². The van der Waals surface area contributed by atoms with Gasteiger partial charge in [0.25, 0.3) is 5.91 Å². The van der Waals surface area contributed by atoms with Crippen LogP contribution in [0.4, 0.5) is 5.69 Å². The number of hydrogen-bond donors (Lipinski definition) is 2. The van der Waals surface area contributed by atoms with E-state index in [4.69, 9.17) is 16.3 Å². The highest BCUT2D eigenvalue weighted by atomic mass is 35.5. The van der Waals surface area contributed by atoms with Gasteiger partial charge in [-0.25, -0.2) is 13.1 Å². The lowest BCUT2D eigenvalue weighted by Crippen LogP contribution is -2.51. The SMILES string of the molecule is O=C1NS(=O)(=O)[C@H]2CCCN(C2)C(O)CC[C@@H]2CC[C@H]2CN2C[C@@]3(CCCc4cc(Cl)ccc43)COc3ccc1cc32. The predicted molar refractivity (Wildman–Crippen MR) is 163 cm³/mol. The topological polar surface area (TPSA) is 99.2 Å². The third-order valence-corrected chi connectivity index (χ3v) is 12.6. The van der Waals surface area contributed by atoms with Gasteiger partial charge in [-0.1, -0.05) is 17.7 Å². The number of carbonyl (C=O) groups excluding carboxylic acids is 1. The van der Waals surface area contributed by atoms with E-state index in [2.05, 4.69) is 21.8 Å². The van der Waals surface area contributed by atoms with Crippen molar-refractivity contribution in [2.45, 2.75) is 74.7 Å². The molecule has 0 aromatic heterocycles. The maximum atomic E-state index is 13.4. The number of benzene rings is 2. The monoisotopic (exact) mass is 613 g/mol. The maximum Gasteiger partial charge on any atom is 0.264 e. The van der Waals surface area contributed by atoms with Gasteiger partial charge in [0.15, 0.2) is 0 Å². The smallest absolute Gasteiger partial charge is 0.264 e. The molecule has 0 radical (unpaired) electrons. The molecule has 1 amide bonds. The van der Waals surface area contributed by atoms with Crippen LogP contribution < -0.4 is 14.4 Å². The highest BCUT2D eigenvalue weighted by Gasteiger charge is 2.44. The molecule has 2 unspecified atom stereocenters. The van der Waals surface area contributed by atoms with Crippen LogP contribution in [0.1, 0.15) is 72.9 Å². The van der Waals surface area contributed by atoms with Gasteiger partial charge in [-0.3, -0.25) is 9.69 Å². The average Bonchev–Trinajstić information content (AvgIpc) is 3.11. The molecule has 1 saturated heterocycles. The number of nitrogens with one attached hydrogen (secondary N) is 1. The minimum atomic E-state index is -3.92. The summed E-state index contributed by atoms with van der Waals surface area (Å²) in [7, 11) is -3.92. The fraction of sp³-hybridized carbons (Fsp3) is 0.594. The molecule has 2 aromatic rings. The first-order valence-corrected chi connectivity index (χ1v) is 17.4. The van der Waals surface area contributed by atoms with Gasteiger partial charge >= 0.3 is 0 Å². The Balaban J connectivity index is 1.27. The average molecular weight is 614 g/mol. The van der Waals surface area contributed by atoms with Crippen molar-refractivity contribution in [3.8, 4) is 5.75 Å². The largest absolute Gasteiger partial charge is 0.490 e. The summed E-state index contributed by atoms with van der Waals surface area (Å²) in [6.45, 7) is 3.01. The van der Waals surface area contributed by atoms with Crippen molar-refractivity contribution in [3.05, 3.63) is 58.1 Å². The Morgan fingerprint density at radius 1 is 1.00 bits per heavy atom. The number of aryl methyl sites for hydroxylation is 1. The Kier molecular flexibility index (Phi) is 7.44. The number of rotatable bonds is 0. The molecule has 6 atom stereocenters. The lowest BCUT2D eigenvalue weighted by molar-refractivity contribution is -0.0216. The van der Waals surface area contributed by atoms with Crippen molar-refractivity contribution in [1.82, 2.24) is 9.62 Å². The number of amides is 1. The number of ether oxygens (including phenoxy) is 1. The molecule has 1 saturated carbocycles. The Morgan fingerprint density at radius 3 is 2.67 bits per heavy atom. The molecule has 2 fully saturated rings. The second-order valence-corrected chi connectivity index (χ2v) is 15.6. The van der Waals surface area contributed by atoms with E-state index in [-0.39, 0.29) is 12.0 Å². The van der Waals surface area contributed by atoms with E-state index in [1.54, 1.807) is 6.07 Å². The van der Waals surface area contributed by atoms with E-state index < -0.39 is 27.4 Å². The van der Waals surface area contributed by atoms with Crippen LogP contribution in [0.25, 0.3) is 0 Å². The molecule has 4 bridgehead atoms. The van der Waals surface area contributed by atoms with Crippen LogP contribution >= 0.6 is 11.6 Å². The van der Waals surface area contributed by atoms with Crippen molar-refractivity contribution < 1.29 is 23.1 Å². The van der Waals surface area contributed by atoms with Crippen molar-refractivity contribution >= 4 is 33.2 Å². The summed E-state index contributed by atoms with van der Waals surface area (Å²) < 4.78 is 35.6. The van der Waals surface area contributed by atoms with Gasteiger partial charge < -0.3 is 14.7 Å². The molecular weight excluding hydrogens is 574 g/mol. The van der Waals surface area contributed by atoms with E-state index in [0.29, 0.717) is 49.8 Å². The number of hydrogen-bond acceptors (Lipinski definition) is 7. The molecule has 7 rings (SSSR count). The highest BCUT2D eigenvalue weighted by Crippen LogP contribution is 2.47. The van der Waals surface area contributed by atoms with Gasteiger partial charge in [-0.2, -0.15) is 0 Å². The summed E-state index contributed by atoms with van der Waals surface area (Å²) in [4.78, 5) is 17.7. The fourth-order valence-corrected chi connectivity index (χ4v) is 9.71. The standard InChI is InChI=1S/C32H40ClN3O5S/c33-25-9-10-27-22(15-25)3-1-13-32(27)19-36-17-24-6-5-21(24)8-12-30(37)35-14-2-4-26(18-35)42(39,40)34-31(38)23-7-11-29(41-20-32)28(36)16-23/h7,9-11,15-16,21,24,26,30,37H,1-6,8,12-14,17-20H2,(H,34,38)/t21-,24-,26-,30?,32-/m0/s1. The van der Waals surface area contributed by atoms with Gasteiger partial charge in [0.2, 0.25) is 10.0 Å². The van der Waals surface area contributed by atoms with Crippen molar-refractivity contribution in [2.75, 3.05) is 37.7 Å². The molecule has 42 heavy (non-hydrogen) atoms. The summed E-state index contributed by atoms with van der Waals surface area (Å²) in [6, 6.07) is 11.5. The molecule has 10 heteroatoms. The number of nitrogens with zero attached hydrogens (tertiary/aromatic N) is 2. The zero-order chi connectivity index (χ0) is 29.1. The lowest BCUT2D eigenvalue weighted by atomic mass is 9.68. The second kappa shape index (κ2) is 11.0. The molecule has 3 aliphatic heterocycles. The number of anilines is 1. The lowest BCUT2D eigenvalue weighted by Gasteiger charge is -2.45. The molecule has 226 valence electrons. The predicted octanol–water partition coefficient (Wildman–Crippen LogP) is 4.48. The van der Waals surface area contributed by atoms with Crippen molar-refractivity contribution in [3.63, 3.8) is 0 Å². The Morgan fingerprint density at radius 2 is 1.83 bits per heavy atom. The van der Waals surface area contributed by atoms with Crippen LogP contribution in [-0.2, 0) is 21.9 Å². The second-order valence-electron chi connectivity index (χ2n) is 13.2. The Hall–Kier alpha value is -2.33. The molecule has 8 nitrogen and oxygen atoms in total. The summed E-state index contributed by atoms with van der Waals surface area (Å²) in [5.74, 6) is 1.08. The normalized spacial score (nSPS) is 34.2. The summed E-state index contributed by atoms with van der Waals surface area (Å²) >= 11 is 6.40. The number of aliphatic hydroxyl groups excluding tert-OH is 1. The van der Waals surface area contributed by atoms with Crippen molar-refractivity contribution in [2.24, 2.45) is 11.8 Å². The number of fused-ring (bicyclic) bond motifs is 6. The van der Waals surface area contributed by atoms with E-state index in [9.17, 15) is 18.3 Å². The number of halogens is 1. The first kappa shape index (κ1) is 28.4. The van der Waals surface area contributed by atoms with Crippen molar-refractivity contribution in [1.29, 1.82) is 0 Å². The van der Waals surface area contributed by atoms with Gasteiger partial charge in [0.05, 0.1) is 17.5 Å². The highest BCUT2D eigenvalue weighted by molar-refractivity contribution is 7.90. The number of carbonyl (C=O) groups is 1. The Bertz CT molecular complexity index is 1480.